The van der Waals surface area contributed by atoms with Crippen molar-refractivity contribution < 1.29 is 4.74 Å². The predicted octanol–water partition coefficient (Wildman–Crippen LogP) is 3.65. The highest BCUT2D eigenvalue weighted by atomic mass is 16.5. The molecule has 1 saturated carbocycles. The maximum Gasteiger partial charge on any atom is 0.191 e. The first-order valence-corrected chi connectivity index (χ1v) is 11.4. The first-order chi connectivity index (χ1) is 13.2. The minimum absolute atomic E-state index is 0.364. The summed E-state index contributed by atoms with van der Waals surface area (Å²) in [5.74, 6) is 1.87. The van der Waals surface area contributed by atoms with Crippen molar-refractivity contribution in [1.29, 1.82) is 0 Å². The third kappa shape index (κ3) is 8.39. The van der Waals surface area contributed by atoms with Crippen molar-refractivity contribution in [2.24, 2.45) is 16.3 Å². The van der Waals surface area contributed by atoms with Crippen LogP contribution in [0.15, 0.2) is 4.99 Å². The Morgan fingerprint density at radius 1 is 1.19 bits per heavy atom. The highest BCUT2D eigenvalue weighted by molar-refractivity contribution is 5.79. The summed E-state index contributed by atoms with van der Waals surface area (Å²) in [6.07, 6.45) is 11.7. The maximum absolute atomic E-state index is 5.35. The Bertz CT molecular complexity index is 421. The SMILES string of the molecule is CCNC(=NCC1(CCOC)CCCC1)NCCCCN1CCCC(C)C1. The van der Waals surface area contributed by atoms with Crippen LogP contribution in [0.5, 0.6) is 0 Å². The topological polar surface area (TPSA) is 48.9 Å². The molecule has 1 saturated heterocycles. The molecular weight excluding hydrogens is 336 g/mol. The van der Waals surface area contributed by atoms with Crippen molar-refractivity contribution in [3.63, 3.8) is 0 Å². The molecular formula is C22H44N4O. The van der Waals surface area contributed by atoms with Gasteiger partial charge in [-0.05, 0) is 76.3 Å². The van der Waals surface area contributed by atoms with E-state index in [1.165, 1.54) is 71.0 Å². The van der Waals surface area contributed by atoms with E-state index in [1.54, 1.807) is 0 Å². The summed E-state index contributed by atoms with van der Waals surface area (Å²) in [7, 11) is 1.81. The van der Waals surface area contributed by atoms with Gasteiger partial charge in [0.1, 0.15) is 0 Å². The molecule has 0 bridgehead atoms. The lowest BCUT2D eigenvalue weighted by atomic mass is 9.83. The fourth-order valence-electron chi connectivity index (χ4n) is 4.68. The van der Waals surface area contributed by atoms with Gasteiger partial charge in [-0.1, -0.05) is 19.8 Å². The van der Waals surface area contributed by atoms with Crippen molar-refractivity contribution in [3.05, 3.63) is 0 Å². The summed E-state index contributed by atoms with van der Waals surface area (Å²) >= 11 is 0. The molecule has 27 heavy (non-hydrogen) atoms. The standard InChI is InChI=1S/C22H44N4O/c1-4-23-21(25-19-22(13-17-27-3)11-5-6-12-22)24-14-7-8-15-26-16-9-10-20(2)18-26/h20H,4-19H2,1-3H3,(H2,23,24,25). The second kappa shape index (κ2) is 12.6. The zero-order chi connectivity index (χ0) is 19.4. The second-order valence-corrected chi connectivity index (χ2v) is 8.83. The lowest BCUT2D eigenvalue weighted by Crippen LogP contribution is -2.39. The molecule has 5 heteroatoms. The van der Waals surface area contributed by atoms with Gasteiger partial charge in [0.15, 0.2) is 5.96 Å². The summed E-state index contributed by atoms with van der Waals surface area (Å²) in [6.45, 7) is 12.1. The van der Waals surface area contributed by atoms with Gasteiger partial charge >= 0.3 is 0 Å². The number of hydrogen-bond acceptors (Lipinski definition) is 3. The lowest BCUT2D eigenvalue weighted by Gasteiger charge is -2.30. The van der Waals surface area contributed by atoms with Crippen molar-refractivity contribution in [2.75, 3.05) is 53.0 Å². The highest BCUT2D eigenvalue weighted by Crippen LogP contribution is 2.41. The Balaban J connectivity index is 1.69. The first kappa shape index (κ1) is 22.5. The summed E-state index contributed by atoms with van der Waals surface area (Å²) in [5.41, 5.74) is 0.364. The van der Waals surface area contributed by atoms with E-state index in [-0.39, 0.29) is 0 Å². The van der Waals surface area contributed by atoms with Crippen LogP contribution in [0.4, 0.5) is 0 Å². The molecule has 1 aliphatic carbocycles. The van der Waals surface area contributed by atoms with Crippen LogP contribution in [0.2, 0.25) is 0 Å². The quantitative estimate of drug-likeness (QED) is 0.326. The van der Waals surface area contributed by atoms with Crippen LogP contribution < -0.4 is 10.6 Å². The second-order valence-electron chi connectivity index (χ2n) is 8.83. The molecule has 0 amide bonds. The van der Waals surface area contributed by atoms with Gasteiger partial charge in [-0.3, -0.25) is 4.99 Å². The molecule has 0 aromatic carbocycles. The number of nitrogens with one attached hydrogen (secondary N) is 2. The van der Waals surface area contributed by atoms with Gasteiger partial charge in [0.25, 0.3) is 0 Å². The fraction of sp³-hybridized carbons (Fsp3) is 0.955. The number of methoxy groups -OCH3 is 1. The number of guanidine groups is 1. The molecule has 2 fully saturated rings. The molecule has 2 aliphatic rings. The Kier molecular flexibility index (Phi) is 10.5. The molecule has 2 rings (SSSR count). The number of ether oxygens (including phenoxy) is 1. The summed E-state index contributed by atoms with van der Waals surface area (Å²) < 4.78 is 5.35. The zero-order valence-electron chi connectivity index (χ0n) is 18.2. The number of rotatable bonds is 11. The largest absolute Gasteiger partial charge is 0.385 e. The average molecular weight is 381 g/mol. The van der Waals surface area contributed by atoms with Crippen LogP contribution in [0.1, 0.15) is 71.6 Å². The molecule has 0 aromatic rings. The Hall–Kier alpha value is -0.810. The zero-order valence-corrected chi connectivity index (χ0v) is 18.2. The number of aliphatic imine (C=N–C) groups is 1. The normalized spacial score (nSPS) is 23.5. The first-order valence-electron chi connectivity index (χ1n) is 11.4. The minimum atomic E-state index is 0.364. The molecule has 2 N–H and O–H groups in total. The van der Waals surface area contributed by atoms with Crippen LogP contribution in [0, 0.1) is 11.3 Å². The monoisotopic (exact) mass is 380 g/mol. The van der Waals surface area contributed by atoms with Crippen LogP contribution in [-0.2, 0) is 4.74 Å². The molecule has 1 aliphatic heterocycles. The van der Waals surface area contributed by atoms with Gasteiger partial charge in [-0.25, -0.2) is 0 Å². The Morgan fingerprint density at radius 3 is 2.70 bits per heavy atom. The van der Waals surface area contributed by atoms with E-state index in [9.17, 15) is 0 Å². The summed E-state index contributed by atoms with van der Waals surface area (Å²) in [6, 6.07) is 0. The third-order valence-electron chi connectivity index (χ3n) is 6.35. The van der Waals surface area contributed by atoms with Crippen molar-refractivity contribution in [1.82, 2.24) is 15.5 Å². The Labute approximate surface area is 167 Å². The van der Waals surface area contributed by atoms with Crippen molar-refractivity contribution in [2.45, 2.75) is 71.6 Å². The third-order valence-corrected chi connectivity index (χ3v) is 6.35. The van der Waals surface area contributed by atoms with E-state index in [0.717, 1.165) is 44.5 Å². The van der Waals surface area contributed by atoms with E-state index >= 15 is 0 Å². The van der Waals surface area contributed by atoms with Crippen LogP contribution >= 0.6 is 0 Å². The average Bonchev–Trinajstić information content (AvgIpc) is 3.13. The van der Waals surface area contributed by atoms with E-state index in [2.05, 4.69) is 29.4 Å². The van der Waals surface area contributed by atoms with Gasteiger partial charge in [0.2, 0.25) is 0 Å². The molecule has 0 aromatic heterocycles. The van der Waals surface area contributed by atoms with Gasteiger partial charge in [-0.15, -0.1) is 0 Å². The molecule has 0 radical (unpaired) electrons. The number of likely N-dealkylation sites (tertiary alicyclic amines) is 1. The molecule has 1 atom stereocenters. The molecule has 1 heterocycles. The molecule has 158 valence electrons. The van der Waals surface area contributed by atoms with Gasteiger partial charge in [0.05, 0.1) is 0 Å². The molecule has 5 nitrogen and oxygen atoms in total. The minimum Gasteiger partial charge on any atom is -0.385 e. The fourth-order valence-corrected chi connectivity index (χ4v) is 4.68. The maximum atomic E-state index is 5.35. The van der Waals surface area contributed by atoms with Crippen LogP contribution in [-0.4, -0.2) is 63.8 Å². The van der Waals surface area contributed by atoms with E-state index < -0.39 is 0 Å². The summed E-state index contributed by atoms with van der Waals surface area (Å²) in [4.78, 5) is 7.59. The molecule has 0 spiro atoms. The number of piperidine rings is 1. The van der Waals surface area contributed by atoms with Gasteiger partial charge in [0, 0.05) is 39.9 Å². The number of unbranched alkanes of at least 4 members (excludes halogenated alkanes) is 1. The van der Waals surface area contributed by atoms with E-state index in [0.29, 0.717) is 5.41 Å². The number of hydrogen-bond donors (Lipinski definition) is 2. The van der Waals surface area contributed by atoms with Crippen molar-refractivity contribution >= 4 is 5.96 Å². The Morgan fingerprint density at radius 2 is 2.00 bits per heavy atom. The van der Waals surface area contributed by atoms with E-state index in [4.69, 9.17) is 9.73 Å². The number of nitrogens with zero attached hydrogens (tertiary/aromatic N) is 2. The van der Waals surface area contributed by atoms with E-state index in [1.807, 2.05) is 7.11 Å². The summed E-state index contributed by atoms with van der Waals surface area (Å²) in [5, 5.41) is 6.98. The molecule has 1 unspecified atom stereocenters. The highest BCUT2D eigenvalue weighted by Gasteiger charge is 2.33. The van der Waals surface area contributed by atoms with Crippen LogP contribution in [0.25, 0.3) is 0 Å². The van der Waals surface area contributed by atoms with Gasteiger partial charge in [-0.2, -0.15) is 0 Å². The van der Waals surface area contributed by atoms with Gasteiger partial charge < -0.3 is 20.3 Å². The smallest absolute Gasteiger partial charge is 0.191 e. The van der Waals surface area contributed by atoms with Crippen LogP contribution in [0.3, 0.4) is 0 Å². The lowest BCUT2D eigenvalue weighted by molar-refractivity contribution is 0.141. The van der Waals surface area contributed by atoms with Crippen molar-refractivity contribution in [3.8, 4) is 0 Å². The predicted molar refractivity (Wildman–Crippen MR) is 115 cm³/mol.